The monoisotopic (exact) mass is 925 g/mol. The van der Waals surface area contributed by atoms with Crippen molar-refractivity contribution in [1.82, 2.24) is 24.8 Å². The van der Waals surface area contributed by atoms with Gasteiger partial charge >= 0.3 is 0 Å². The summed E-state index contributed by atoms with van der Waals surface area (Å²) in [6.45, 7) is 12.4. The minimum absolute atomic E-state index is 0.0396. The fraction of sp³-hybridized carbons (Fsp3) is 0.479. The predicted octanol–water partition coefficient (Wildman–Crippen LogP) is 7.11. The third kappa shape index (κ3) is 9.47. The molecule has 8 rings (SSSR count). The van der Waals surface area contributed by atoms with Gasteiger partial charge < -0.3 is 38.7 Å². The van der Waals surface area contributed by atoms with Crippen LogP contribution in [0.2, 0.25) is 5.02 Å². The number of pyridine rings is 1. The molecule has 0 bridgehead atoms. The third-order valence-electron chi connectivity index (χ3n) is 13.2. The number of fused-ring (bicyclic) bond motifs is 1. The lowest BCUT2D eigenvalue weighted by atomic mass is 9.49. The number of nitrogens with one attached hydrogen (secondary N) is 2. The van der Waals surface area contributed by atoms with Crippen molar-refractivity contribution in [1.29, 1.82) is 5.26 Å². The highest BCUT2D eigenvalue weighted by Gasteiger charge is 2.64. The van der Waals surface area contributed by atoms with Gasteiger partial charge in [-0.1, -0.05) is 46.2 Å². The Morgan fingerprint density at radius 2 is 1.74 bits per heavy atom. The van der Waals surface area contributed by atoms with E-state index in [-0.39, 0.29) is 46.5 Å². The van der Waals surface area contributed by atoms with Gasteiger partial charge in [0, 0.05) is 84.4 Å². The Balaban J connectivity index is 0.804. The molecule has 4 heterocycles. The number of amides is 1. The smallest absolute Gasteiger partial charge is 0.274 e. The Labute approximate surface area is 384 Å². The average Bonchev–Trinajstić information content (AvgIpc) is 4.03. The molecule has 1 aliphatic heterocycles. The molecule has 17 heteroatoms. The van der Waals surface area contributed by atoms with Crippen molar-refractivity contribution in [3.8, 4) is 28.7 Å². The van der Waals surface area contributed by atoms with Crippen molar-refractivity contribution in [2.24, 2.45) is 23.8 Å². The van der Waals surface area contributed by atoms with E-state index in [2.05, 4.69) is 58.9 Å². The summed E-state index contributed by atoms with van der Waals surface area (Å²) in [6, 6.07) is 13.7. The zero-order valence-electron chi connectivity index (χ0n) is 37.6. The number of hydrogen-bond donors (Lipinski definition) is 2. The number of aromatic nitrogens is 4. The van der Waals surface area contributed by atoms with E-state index >= 15 is 0 Å². The number of anilines is 1. The van der Waals surface area contributed by atoms with E-state index in [0.29, 0.717) is 94.5 Å². The molecule has 1 amide bonds. The van der Waals surface area contributed by atoms with E-state index in [1.165, 1.54) is 4.57 Å². The molecule has 1 saturated heterocycles. The second-order valence-corrected chi connectivity index (χ2v) is 21.2. The maximum atomic E-state index is 13.4. The minimum atomic E-state index is -3.51. The number of ether oxygens (including phenoxy) is 4. The van der Waals surface area contributed by atoms with E-state index < -0.39 is 20.7 Å². The number of H-pyrrole nitrogens is 1. The first-order valence-electron chi connectivity index (χ1n) is 22.2. The molecule has 2 aromatic carbocycles. The molecular weight excluding hydrogens is 870 g/mol. The Bertz CT molecular complexity index is 2760. The topological polar surface area (TPSA) is 191 Å². The zero-order valence-corrected chi connectivity index (χ0v) is 39.2. The summed E-state index contributed by atoms with van der Waals surface area (Å²) < 4.78 is 52.8. The van der Waals surface area contributed by atoms with E-state index in [4.69, 9.17) is 30.5 Å². The van der Waals surface area contributed by atoms with Crippen molar-refractivity contribution in [2.75, 3.05) is 43.6 Å². The predicted molar refractivity (Wildman–Crippen MR) is 247 cm³/mol. The van der Waals surface area contributed by atoms with Gasteiger partial charge in [0.25, 0.3) is 11.5 Å². The van der Waals surface area contributed by atoms with E-state index in [1.54, 1.807) is 75.2 Å². The Morgan fingerprint density at radius 3 is 2.40 bits per heavy atom. The number of nitrogens with zero attached hydrogens (tertiary/aromatic N) is 5. The van der Waals surface area contributed by atoms with Crippen LogP contribution in [0.25, 0.3) is 22.0 Å². The molecule has 5 aromatic rings. The molecule has 0 radical (unpaired) electrons. The maximum Gasteiger partial charge on any atom is 0.274 e. The summed E-state index contributed by atoms with van der Waals surface area (Å²) in [4.78, 5) is 40.7. The number of carbonyl (C=O) groups is 1. The van der Waals surface area contributed by atoms with Crippen LogP contribution in [0.1, 0.15) is 76.2 Å². The van der Waals surface area contributed by atoms with Crippen molar-refractivity contribution >= 4 is 44.2 Å². The molecule has 2 aliphatic carbocycles. The van der Waals surface area contributed by atoms with Gasteiger partial charge in [-0.05, 0) is 68.0 Å². The molecule has 65 heavy (non-hydrogen) atoms. The summed E-state index contributed by atoms with van der Waals surface area (Å²) >= 11 is 6.25. The lowest BCUT2D eigenvalue weighted by Crippen LogP contribution is -2.74. The van der Waals surface area contributed by atoms with Crippen LogP contribution in [0.5, 0.6) is 11.5 Å². The summed E-state index contributed by atoms with van der Waals surface area (Å²) in [5.74, 6) is 1.68. The lowest BCUT2D eigenvalue weighted by molar-refractivity contribution is -0.164. The second-order valence-electron chi connectivity index (χ2n) is 18.5. The van der Waals surface area contributed by atoms with E-state index in [1.807, 2.05) is 6.07 Å². The van der Waals surface area contributed by atoms with Crippen LogP contribution in [0.4, 0.5) is 5.95 Å². The highest BCUT2D eigenvalue weighted by molar-refractivity contribution is 7.91. The molecule has 2 N–H and O–H groups in total. The van der Waals surface area contributed by atoms with Gasteiger partial charge in [0.05, 0.1) is 52.7 Å². The van der Waals surface area contributed by atoms with Gasteiger partial charge in [0.2, 0.25) is 5.95 Å². The van der Waals surface area contributed by atoms with Gasteiger partial charge in [0.15, 0.2) is 9.84 Å². The minimum Gasteiger partial charge on any atom is -0.489 e. The zero-order chi connectivity index (χ0) is 46.3. The summed E-state index contributed by atoms with van der Waals surface area (Å²) in [7, 11) is -1.84. The van der Waals surface area contributed by atoms with Crippen molar-refractivity contribution in [3.63, 3.8) is 0 Å². The van der Waals surface area contributed by atoms with Crippen molar-refractivity contribution in [3.05, 3.63) is 93.8 Å². The quantitative estimate of drug-likeness (QED) is 0.0900. The van der Waals surface area contributed by atoms with Gasteiger partial charge in [-0.3, -0.25) is 9.59 Å². The van der Waals surface area contributed by atoms with Crippen LogP contribution >= 0.6 is 11.6 Å². The van der Waals surface area contributed by atoms with Crippen LogP contribution in [-0.2, 0) is 26.4 Å². The lowest BCUT2D eigenvalue weighted by Gasteiger charge is -2.63. The number of sulfone groups is 1. The highest BCUT2D eigenvalue weighted by Crippen LogP contribution is 2.55. The first-order valence-corrected chi connectivity index (χ1v) is 24.2. The molecular formula is C48H56ClN7O8S. The third-order valence-corrected chi connectivity index (χ3v) is 15.3. The maximum absolute atomic E-state index is 13.4. The summed E-state index contributed by atoms with van der Waals surface area (Å²) in [5.41, 5.74) is 1.50. The number of aromatic amines is 1. The van der Waals surface area contributed by atoms with Crippen LogP contribution in [0.15, 0.2) is 76.9 Å². The number of piperidine rings is 1. The standard InChI is InChI=1S/C48H56ClN7O8S/c1-7-65(59,60)34-12-13-39(36(23-34)37-27-55(6)43(58)41-35(37)14-17-51-41)64-40(29-8-9-29)28-61-20-21-62-32-15-18-56(19-16-32)46-52-25-31(26-53-46)42(57)54-44-47(2,3)45(48(44,4)5)63-33-11-10-30(24-50)38(49)22-33/h10-14,17,22-23,25-27,29,32,40,44-45,51H,7-9,15-16,18-21,28H2,1-6H3,(H,54,57). The molecule has 3 aromatic heterocycles. The van der Waals surface area contributed by atoms with Crippen LogP contribution in [0, 0.1) is 28.1 Å². The first kappa shape index (κ1) is 46.1. The Kier molecular flexibility index (Phi) is 13.1. The SMILES string of the molecule is CCS(=O)(=O)c1ccc(OC(COCCOC2CCN(c3ncc(C(=O)NC4C(C)(C)C(Oc5ccc(C#N)c(Cl)c5)C4(C)C)cn3)CC2)C2CC2)c(-c2cn(C)c(=O)c3[nH]ccc23)c1. The Morgan fingerprint density at radius 1 is 1.02 bits per heavy atom. The number of hydrogen-bond acceptors (Lipinski definition) is 12. The number of rotatable bonds is 17. The largest absolute Gasteiger partial charge is 0.489 e. The Hall–Kier alpha value is -5.47. The molecule has 2 saturated carbocycles. The number of benzene rings is 2. The number of nitriles is 1. The molecule has 1 atom stereocenters. The molecule has 3 fully saturated rings. The van der Waals surface area contributed by atoms with E-state index in [0.717, 1.165) is 25.7 Å². The number of halogens is 1. The molecule has 0 spiro atoms. The van der Waals surface area contributed by atoms with Crippen LogP contribution in [-0.4, -0.2) is 96.9 Å². The first-order chi connectivity index (χ1) is 31.0. The molecule has 15 nitrogen and oxygen atoms in total. The number of carbonyl (C=O) groups excluding carboxylic acids is 1. The van der Waals surface area contributed by atoms with Crippen LogP contribution in [0.3, 0.4) is 0 Å². The summed E-state index contributed by atoms with van der Waals surface area (Å²) in [6.07, 6.45) is 9.74. The van der Waals surface area contributed by atoms with Gasteiger partial charge in [-0.2, -0.15) is 5.26 Å². The highest BCUT2D eigenvalue weighted by atomic mass is 35.5. The van der Waals surface area contributed by atoms with Crippen LogP contribution < -0.4 is 25.2 Å². The van der Waals surface area contributed by atoms with E-state index in [9.17, 15) is 23.3 Å². The van der Waals surface area contributed by atoms with Gasteiger partial charge in [-0.25, -0.2) is 18.4 Å². The molecule has 344 valence electrons. The fourth-order valence-electron chi connectivity index (χ4n) is 9.67. The molecule has 1 unspecified atom stereocenters. The van der Waals surface area contributed by atoms with Crippen molar-refractivity contribution in [2.45, 2.75) is 89.6 Å². The normalized spacial score (nSPS) is 19.9. The fourth-order valence-corrected chi connectivity index (χ4v) is 10.8. The number of aryl methyl sites for hydroxylation is 1. The molecule has 3 aliphatic rings. The van der Waals surface area contributed by atoms with Gasteiger partial charge in [0.1, 0.15) is 35.3 Å². The second kappa shape index (κ2) is 18.4. The van der Waals surface area contributed by atoms with Crippen molar-refractivity contribution < 1.29 is 32.2 Å². The van der Waals surface area contributed by atoms with Gasteiger partial charge in [-0.15, -0.1) is 0 Å². The average molecular weight is 927 g/mol. The summed E-state index contributed by atoms with van der Waals surface area (Å²) in [5, 5.41) is 13.4.